The second-order valence-electron chi connectivity index (χ2n) is 3.43. The van der Waals surface area contributed by atoms with Gasteiger partial charge >= 0.3 is 0 Å². The first kappa shape index (κ1) is 10.2. The maximum Gasteiger partial charge on any atom is 0.132 e. The van der Waals surface area contributed by atoms with Gasteiger partial charge in [-0.15, -0.1) is 0 Å². The normalized spacial score (nSPS) is 9.75. The lowest BCUT2D eigenvalue weighted by Crippen LogP contribution is -1.88. The number of hydrogen-bond acceptors (Lipinski definition) is 2. The number of hydrogen-bond donors (Lipinski definition) is 1. The van der Waals surface area contributed by atoms with E-state index in [1.807, 2.05) is 6.07 Å². The van der Waals surface area contributed by atoms with Gasteiger partial charge in [-0.2, -0.15) is 5.26 Å². The molecule has 0 spiro atoms. The van der Waals surface area contributed by atoms with E-state index < -0.39 is 5.82 Å². The Hall–Kier alpha value is -2.34. The van der Waals surface area contributed by atoms with Crippen LogP contribution in [0.1, 0.15) is 5.56 Å². The van der Waals surface area contributed by atoms with Gasteiger partial charge in [0.1, 0.15) is 5.82 Å². The van der Waals surface area contributed by atoms with Crippen LogP contribution in [0.15, 0.2) is 42.5 Å². The van der Waals surface area contributed by atoms with Crippen molar-refractivity contribution >= 4 is 5.69 Å². The van der Waals surface area contributed by atoms with Crippen LogP contribution in [-0.4, -0.2) is 0 Å². The van der Waals surface area contributed by atoms with Gasteiger partial charge in [0.25, 0.3) is 0 Å². The molecule has 2 aromatic rings. The lowest BCUT2D eigenvalue weighted by molar-refractivity contribution is 0.631. The van der Waals surface area contributed by atoms with Crippen LogP contribution in [0.4, 0.5) is 10.1 Å². The average molecular weight is 212 g/mol. The van der Waals surface area contributed by atoms with Crippen LogP contribution in [0, 0.1) is 17.1 Å². The highest BCUT2D eigenvalue weighted by atomic mass is 19.1. The highest BCUT2D eigenvalue weighted by molar-refractivity contribution is 5.68. The SMILES string of the molecule is N#Cc1ccc(-c2cccc(N)c2)c(F)c1. The maximum atomic E-state index is 13.7. The molecule has 0 heterocycles. The van der Waals surface area contributed by atoms with Crippen molar-refractivity contribution in [3.8, 4) is 17.2 Å². The van der Waals surface area contributed by atoms with Gasteiger partial charge in [-0.3, -0.25) is 0 Å². The van der Waals surface area contributed by atoms with Crippen LogP contribution in [0.25, 0.3) is 11.1 Å². The molecule has 3 heteroatoms. The van der Waals surface area contributed by atoms with Gasteiger partial charge in [-0.25, -0.2) is 4.39 Å². The summed E-state index contributed by atoms with van der Waals surface area (Å²) in [6.45, 7) is 0. The Morgan fingerprint density at radius 3 is 2.56 bits per heavy atom. The molecule has 0 unspecified atom stereocenters. The summed E-state index contributed by atoms with van der Waals surface area (Å²) >= 11 is 0. The average Bonchev–Trinajstić information content (AvgIpc) is 2.28. The molecule has 0 aliphatic heterocycles. The summed E-state index contributed by atoms with van der Waals surface area (Å²) in [5, 5.41) is 8.63. The Morgan fingerprint density at radius 1 is 1.12 bits per heavy atom. The molecule has 0 bridgehead atoms. The molecule has 16 heavy (non-hydrogen) atoms. The lowest BCUT2D eigenvalue weighted by atomic mass is 10.0. The Kier molecular flexibility index (Phi) is 2.57. The van der Waals surface area contributed by atoms with E-state index in [0.717, 1.165) is 0 Å². The molecule has 78 valence electrons. The zero-order valence-corrected chi connectivity index (χ0v) is 8.44. The fraction of sp³-hybridized carbons (Fsp3) is 0. The van der Waals surface area contributed by atoms with E-state index in [-0.39, 0.29) is 0 Å². The number of nitrogen functional groups attached to an aromatic ring is 1. The summed E-state index contributed by atoms with van der Waals surface area (Å²) < 4.78 is 13.7. The lowest BCUT2D eigenvalue weighted by Gasteiger charge is -2.04. The number of nitriles is 1. The first-order chi connectivity index (χ1) is 7.70. The quantitative estimate of drug-likeness (QED) is 0.739. The minimum atomic E-state index is -0.412. The number of nitrogens with zero attached hydrogens (tertiary/aromatic N) is 1. The molecule has 2 aromatic carbocycles. The van der Waals surface area contributed by atoms with Crippen molar-refractivity contribution in [3.05, 3.63) is 53.8 Å². The van der Waals surface area contributed by atoms with E-state index in [1.165, 1.54) is 6.07 Å². The summed E-state index contributed by atoms with van der Waals surface area (Å²) in [5.74, 6) is -0.412. The zero-order chi connectivity index (χ0) is 11.5. The van der Waals surface area contributed by atoms with Crippen molar-refractivity contribution in [2.24, 2.45) is 0 Å². The Balaban J connectivity index is 2.53. The molecular formula is C13H9FN2. The minimum absolute atomic E-state index is 0.310. The van der Waals surface area contributed by atoms with Gasteiger partial charge in [0.15, 0.2) is 0 Å². The maximum absolute atomic E-state index is 13.7. The number of benzene rings is 2. The van der Waals surface area contributed by atoms with Crippen LogP contribution in [0.3, 0.4) is 0 Å². The molecule has 0 aliphatic rings. The molecule has 2 nitrogen and oxygen atoms in total. The van der Waals surface area contributed by atoms with Gasteiger partial charge in [0.05, 0.1) is 11.6 Å². The Labute approximate surface area is 92.8 Å². The summed E-state index contributed by atoms with van der Waals surface area (Å²) in [5.41, 5.74) is 7.68. The standard InChI is InChI=1S/C13H9FN2/c14-13-6-9(8-15)4-5-12(13)10-2-1-3-11(16)7-10/h1-7H,16H2. The smallest absolute Gasteiger partial charge is 0.132 e. The van der Waals surface area contributed by atoms with E-state index >= 15 is 0 Å². The van der Waals surface area contributed by atoms with Gasteiger partial charge in [0.2, 0.25) is 0 Å². The van der Waals surface area contributed by atoms with Crippen molar-refractivity contribution in [3.63, 3.8) is 0 Å². The van der Waals surface area contributed by atoms with Gasteiger partial charge in [-0.1, -0.05) is 18.2 Å². The third-order valence-corrected chi connectivity index (χ3v) is 2.30. The number of rotatable bonds is 1. The summed E-state index contributed by atoms with van der Waals surface area (Å²) in [7, 11) is 0. The molecule has 0 amide bonds. The van der Waals surface area contributed by atoms with Gasteiger partial charge < -0.3 is 5.73 Å². The molecule has 2 rings (SSSR count). The van der Waals surface area contributed by atoms with E-state index in [2.05, 4.69) is 0 Å². The summed E-state index contributed by atoms with van der Waals surface area (Å²) in [6, 6.07) is 13.3. The first-order valence-corrected chi connectivity index (χ1v) is 4.76. The molecule has 0 atom stereocenters. The molecule has 2 N–H and O–H groups in total. The predicted octanol–water partition coefficient (Wildman–Crippen LogP) is 2.95. The topological polar surface area (TPSA) is 49.8 Å². The molecular weight excluding hydrogens is 203 g/mol. The molecule has 0 fully saturated rings. The van der Waals surface area contributed by atoms with Crippen LogP contribution in [0.5, 0.6) is 0 Å². The summed E-state index contributed by atoms with van der Waals surface area (Å²) in [6.07, 6.45) is 0. The third-order valence-electron chi connectivity index (χ3n) is 2.30. The van der Waals surface area contributed by atoms with Crippen LogP contribution < -0.4 is 5.73 Å². The predicted molar refractivity (Wildman–Crippen MR) is 61.0 cm³/mol. The van der Waals surface area contributed by atoms with E-state index in [0.29, 0.717) is 22.4 Å². The highest BCUT2D eigenvalue weighted by Gasteiger charge is 2.05. The Bertz CT molecular complexity index is 570. The van der Waals surface area contributed by atoms with E-state index in [4.69, 9.17) is 11.0 Å². The van der Waals surface area contributed by atoms with Crippen LogP contribution >= 0.6 is 0 Å². The van der Waals surface area contributed by atoms with Crippen LogP contribution in [0.2, 0.25) is 0 Å². The second-order valence-corrected chi connectivity index (χ2v) is 3.43. The molecule has 0 radical (unpaired) electrons. The van der Waals surface area contributed by atoms with Gasteiger partial charge in [0, 0.05) is 11.3 Å². The molecule has 0 aromatic heterocycles. The minimum Gasteiger partial charge on any atom is -0.399 e. The molecule has 0 saturated carbocycles. The van der Waals surface area contributed by atoms with Gasteiger partial charge in [-0.05, 0) is 29.8 Å². The number of nitrogens with two attached hydrogens (primary N) is 1. The molecule has 0 aliphatic carbocycles. The van der Waals surface area contributed by atoms with Crippen molar-refractivity contribution in [2.45, 2.75) is 0 Å². The third kappa shape index (κ3) is 1.86. The van der Waals surface area contributed by atoms with Crippen molar-refractivity contribution in [1.29, 1.82) is 5.26 Å². The largest absolute Gasteiger partial charge is 0.399 e. The molecule has 0 saturated heterocycles. The fourth-order valence-electron chi connectivity index (χ4n) is 1.52. The number of anilines is 1. The first-order valence-electron chi connectivity index (χ1n) is 4.76. The fourth-order valence-corrected chi connectivity index (χ4v) is 1.52. The summed E-state index contributed by atoms with van der Waals surface area (Å²) in [4.78, 5) is 0. The second kappa shape index (κ2) is 4.03. The van der Waals surface area contributed by atoms with Crippen molar-refractivity contribution in [1.82, 2.24) is 0 Å². The van der Waals surface area contributed by atoms with Crippen molar-refractivity contribution < 1.29 is 4.39 Å². The highest BCUT2D eigenvalue weighted by Crippen LogP contribution is 2.24. The van der Waals surface area contributed by atoms with Crippen molar-refractivity contribution in [2.75, 3.05) is 5.73 Å². The number of halogens is 1. The zero-order valence-electron chi connectivity index (χ0n) is 8.44. The monoisotopic (exact) mass is 212 g/mol. The van der Waals surface area contributed by atoms with E-state index in [1.54, 1.807) is 36.4 Å². The van der Waals surface area contributed by atoms with Crippen LogP contribution in [-0.2, 0) is 0 Å². The Morgan fingerprint density at radius 2 is 1.94 bits per heavy atom. The van der Waals surface area contributed by atoms with E-state index in [9.17, 15) is 4.39 Å².